The van der Waals surface area contributed by atoms with Gasteiger partial charge in [-0.15, -0.1) is 0 Å². The van der Waals surface area contributed by atoms with Gasteiger partial charge in [-0.1, -0.05) is 0 Å². The molecule has 1 N–H and O–H groups in total. The van der Waals surface area contributed by atoms with E-state index in [9.17, 15) is 9.59 Å². The first-order valence-electron chi connectivity index (χ1n) is 6.82. The third-order valence-corrected chi connectivity index (χ3v) is 4.01. The van der Waals surface area contributed by atoms with Gasteiger partial charge in [-0.25, -0.2) is 4.79 Å². The zero-order valence-electron chi connectivity index (χ0n) is 11.5. The normalized spacial score (nSPS) is 31.7. The van der Waals surface area contributed by atoms with Crippen LogP contribution < -0.4 is 0 Å². The molecular weight excluding hydrogens is 248 g/mol. The van der Waals surface area contributed by atoms with Crippen LogP contribution >= 0.6 is 0 Å². The van der Waals surface area contributed by atoms with Crippen molar-refractivity contribution in [2.75, 3.05) is 27.2 Å². The molecule has 2 saturated heterocycles. The molecule has 0 aliphatic carbocycles. The van der Waals surface area contributed by atoms with Crippen LogP contribution in [0.25, 0.3) is 0 Å². The van der Waals surface area contributed by atoms with E-state index in [0.717, 1.165) is 19.4 Å². The number of hydrogen-bond acceptors (Lipinski definition) is 4. The quantitative estimate of drug-likeness (QED) is 0.791. The van der Waals surface area contributed by atoms with Gasteiger partial charge in [0, 0.05) is 19.1 Å². The van der Waals surface area contributed by atoms with Gasteiger partial charge in [0.05, 0.1) is 0 Å². The van der Waals surface area contributed by atoms with Crippen molar-refractivity contribution in [2.24, 2.45) is 0 Å². The summed E-state index contributed by atoms with van der Waals surface area (Å²) in [7, 11) is 4.04. The number of carbonyl (C=O) groups is 2. The number of rotatable bonds is 3. The molecule has 2 fully saturated rings. The molecule has 0 saturated carbocycles. The zero-order valence-corrected chi connectivity index (χ0v) is 11.5. The number of carbonyl (C=O) groups excluding carboxylic acids is 1. The summed E-state index contributed by atoms with van der Waals surface area (Å²) < 4.78 is 5.33. The zero-order chi connectivity index (χ0) is 14.0. The Morgan fingerprint density at radius 3 is 2.47 bits per heavy atom. The average Bonchev–Trinajstić information content (AvgIpc) is 2.87. The summed E-state index contributed by atoms with van der Waals surface area (Å²) in [6, 6.07) is 0.384. The molecule has 6 nitrogen and oxygen atoms in total. The van der Waals surface area contributed by atoms with E-state index in [-0.39, 0.29) is 5.91 Å². The molecule has 6 heteroatoms. The summed E-state index contributed by atoms with van der Waals surface area (Å²) in [4.78, 5) is 27.1. The van der Waals surface area contributed by atoms with Crippen LogP contribution in [-0.4, -0.2) is 72.2 Å². The van der Waals surface area contributed by atoms with Crippen LogP contribution in [0.1, 0.15) is 25.7 Å². The van der Waals surface area contributed by atoms with Crippen molar-refractivity contribution >= 4 is 11.9 Å². The lowest BCUT2D eigenvalue weighted by atomic mass is 10.0. The van der Waals surface area contributed by atoms with Gasteiger partial charge in [-0.3, -0.25) is 4.79 Å². The fraction of sp³-hybridized carbons (Fsp3) is 0.846. The molecule has 0 radical (unpaired) electrons. The third-order valence-electron chi connectivity index (χ3n) is 4.01. The first-order chi connectivity index (χ1) is 8.99. The second-order valence-electron chi connectivity index (χ2n) is 5.57. The van der Waals surface area contributed by atoms with E-state index in [1.54, 1.807) is 0 Å². The largest absolute Gasteiger partial charge is 0.479 e. The standard InChI is InChI=1S/C13H22N2O4/c1-14(2)9-4-3-7-15(8-9)12(16)10-5-6-11(19-10)13(17)18/h9-11H,3-8H2,1-2H3,(H,17,18). The number of hydrogen-bond donors (Lipinski definition) is 1. The second kappa shape index (κ2) is 5.88. The molecule has 0 aromatic heterocycles. The summed E-state index contributed by atoms with van der Waals surface area (Å²) in [5.74, 6) is -1.02. The van der Waals surface area contributed by atoms with Crippen molar-refractivity contribution in [3.63, 3.8) is 0 Å². The molecule has 2 rings (SSSR count). The lowest BCUT2D eigenvalue weighted by Crippen LogP contribution is -2.50. The van der Waals surface area contributed by atoms with Crippen molar-refractivity contribution in [1.82, 2.24) is 9.80 Å². The molecule has 0 bridgehead atoms. The Hall–Kier alpha value is -1.14. The fourth-order valence-corrected chi connectivity index (χ4v) is 2.78. The maximum atomic E-state index is 12.3. The minimum absolute atomic E-state index is 0.0460. The molecule has 19 heavy (non-hydrogen) atoms. The highest BCUT2D eigenvalue weighted by Gasteiger charge is 2.38. The molecule has 3 unspecified atom stereocenters. The summed E-state index contributed by atoms with van der Waals surface area (Å²) in [5.41, 5.74) is 0. The molecular formula is C13H22N2O4. The Morgan fingerprint density at radius 1 is 1.21 bits per heavy atom. The SMILES string of the molecule is CN(C)C1CCCN(C(=O)C2CCC(C(=O)O)O2)C1. The lowest BCUT2D eigenvalue weighted by molar-refractivity contribution is -0.155. The van der Waals surface area contributed by atoms with E-state index >= 15 is 0 Å². The number of aliphatic carboxylic acids is 1. The second-order valence-corrected chi connectivity index (χ2v) is 5.57. The van der Waals surface area contributed by atoms with Gasteiger partial charge < -0.3 is 19.6 Å². The summed E-state index contributed by atoms with van der Waals surface area (Å²) in [6.07, 6.45) is 1.64. The number of carboxylic acids is 1. The number of likely N-dealkylation sites (tertiary alicyclic amines) is 1. The Labute approximate surface area is 113 Å². The van der Waals surface area contributed by atoms with E-state index in [1.807, 2.05) is 19.0 Å². The maximum Gasteiger partial charge on any atom is 0.332 e. The van der Waals surface area contributed by atoms with Crippen molar-refractivity contribution in [3.05, 3.63) is 0 Å². The van der Waals surface area contributed by atoms with Crippen molar-refractivity contribution < 1.29 is 19.4 Å². The monoisotopic (exact) mass is 270 g/mol. The van der Waals surface area contributed by atoms with E-state index in [1.165, 1.54) is 0 Å². The van der Waals surface area contributed by atoms with Crippen LogP contribution in [0.15, 0.2) is 0 Å². The van der Waals surface area contributed by atoms with Crippen LogP contribution in [0.5, 0.6) is 0 Å². The predicted octanol–water partition coefficient (Wildman–Crippen LogP) is 0.171. The predicted molar refractivity (Wildman–Crippen MR) is 68.8 cm³/mol. The average molecular weight is 270 g/mol. The van der Waals surface area contributed by atoms with Gasteiger partial charge >= 0.3 is 5.97 Å². The molecule has 0 aromatic rings. The van der Waals surface area contributed by atoms with Crippen LogP contribution in [0, 0.1) is 0 Å². The Balaban J connectivity index is 1.91. The Morgan fingerprint density at radius 2 is 1.89 bits per heavy atom. The topological polar surface area (TPSA) is 70.1 Å². The van der Waals surface area contributed by atoms with Gasteiger partial charge in [0.1, 0.15) is 6.10 Å². The summed E-state index contributed by atoms with van der Waals surface area (Å²) in [5, 5.41) is 8.88. The molecule has 1 amide bonds. The van der Waals surface area contributed by atoms with Gasteiger partial charge in [0.15, 0.2) is 6.10 Å². The number of piperidine rings is 1. The minimum atomic E-state index is -0.972. The van der Waals surface area contributed by atoms with Gasteiger partial charge in [-0.05, 0) is 39.8 Å². The Kier molecular flexibility index (Phi) is 4.42. The maximum absolute atomic E-state index is 12.3. The molecule has 2 heterocycles. The van der Waals surface area contributed by atoms with E-state index < -0.39 is 18.2 Å². The van der Waals surface area contributed by atoms with Crippen LogP contribution in [0.2, 0.25) is 0 Å². The molecule has 108 valence electrons. The third kappa shape index (κ3) is 3.25. The molecule has 0 spiro atoms. The van der Waals surface area contributed by atoms with Crippen LogP contribution in [-0.2, 0) is 14.3 Å². The highest BCUT2D eigenvalue weighted by Crippen LogP contribution is 2.23. The van der Waals surface area contributed by atoms with Crippen LogP contribution in [0.3, 0.4) is 0 Å². The first kappa shape index (κ1) is 14.3. The Bertz CT molecular complexity index is 359. The number of carboxylic acid groups (broad SMARTS) is 1. The van der Waals surface area contributed by atoms with Crippen molar-refractivity contribution in [2.45, 2.75) is 43.9 Å². The number of nitrogens with zero attached hydrogens (tertiary/aromatic N) is 2. The number of ether oxygens (including phenoxy) is 1. The smallest absolute Gasteiger partial charge is 0.332 e. The van der Waals surface area contributed by atoms with Gasteiger partial charge in [-0.2, -0.15) is 0 Å². The molecule has 3 atom stereocenters. The summed E-state index contributed by atoms with van der Waals surface area (Å²) in [6.45, 7) is 1.46. The first-order valence-corrected chi connectivity index (χ1v) is 6.82. The van der Waals surface area contributed by atoms with Crippen molar-refractivity contribution in [1.29, 1.82) is 0 Å². The van der Waals surface area contributed by atoms with E-state index in [2.05, 4.69) is 4.90 Å². The number of amides is 1. The van der Waals surface area contributed by atoms with E-state index in [0.29, 0.717) is 25.4 Å². The highest BCUT2D eigenvalue weighted by molar-refractivity contribution is 5.82. The summed E-state index contributed by atoms with van der Waals surface area (Å²) >= 11 is 0. The van der Waals surface area contributed by atoms with Crippen LogP contribution in [0.4, 0.5) is 0 Å². The number of likely N-dealkylation sites (N-methyl/N-ethyl adjacent to an activating group) is 1. The lowest BCUT2D eigenvalue weighted by Gasteiger charge is -2.37. The molecule has 2 aliphatic rings. The van der Waals surface area contributed by atoms with Gasteiger partial charge in [0.2, 0.25) is 0 Å². The van der Waals surface area contributed by atoms with Crippen molar-refractivity contribution in [3.8, 4) is 0 Å². The minimum Gasteiger partial charge on any atom is -0.479 e. The molecule has 0 aromatic carbocycles. The fourth-order valence-electron chi connectivity index (χ4n) is 2.78. The highest BCUT2D eigenvalue weighted by atomic mass is 16.5. The molecule has 2 aliphatic heterocycles. The van der Waals surface area contributed by atoms with E-state index in [4.69, 9.17) is 9.84 Å². The van der Waals surface area contributed by atoms with Gasteiger partial charge in [0.25, 0.3) is 5.91 Å².